The molecule has 4 nitrogen and oxygen atoms in total. The molecule has 23 heavy (non-hydrogen) atoms. The first kappa shape index (κ1) is 18.4. The molecule has 2 rings (SSSR count). The molecular weight excluding hydrogens is 286 g/mol. The third-order valence-electron chi connectivity index (χ3n) is 4.84. The molecule has 0 amide bonds. The van der Waals surface area contributed by atoms with Gasteiger partial charge in [0, 0.05) is 25.7 Å². The number of piperidine rings is 1. The molecule has 4 heteroatoms. The summed E-state index contributed by atoms with van der Waals surface area (Å²) in [4.78, 5) is 4.80. The highest BCUT2D eigenvalue weighted by molar-refractivity contribution is 5.14. The van der Waals surface area contributed by atoms with Crippen molar-refractivity contribution in [3.05, 3.63) is 35.9 Å². The average molecular weight is 319 g/mol. The van der Waals surface area contributed by atoms with Crippen molar-refractivity contribution < 1.29 is 5.11 Å². The number of benzene rings is 1. The lowest BCUT2D eigenvalue weighted by molar-refractivity contribution is 0.107. The van der Waals surface area contributed by atoms with Gasteiger partial charge in [0.05, 0.1) is 6.10 Å². The Labute approximate surface area is 141 Å². The second kappa shape index (κ2) is 10.0. The Kier molecular flexibility index (Phi) is 8.03. The lowest BCUT2D eigenvalue weighted by Crippen LogP contribution is -2.46. The van der Waals surface area contributed by atoms with Crippen LogP contribution in [-0.2, 0) is 6.54 Å². The smallest absolute Gasteiger partial charge is 0.0791 e. The number of likely N-dealkylation sites (N-methyl/N-ethyl adjacent to an activating group) is 1. The Balaban J connectivity index is 1.63. The number of aliphatic hydroxyl groups excluding tert-OH is 1. The van der Waals surface area contributed by atoms with Gasteiger partial charge in [-0.3, -0.25) is 4.90 Å². The molecule has 1 fully saturated rings. The summed E-state index contributed by atoms with van der Waals surface area (Å²) >= 11 is 0. The van der Waals surface area contributed by atoms with Gasteiger partial charge in [0.1, 0.15) is 0 Å². The lowest BCUT2D eigenvalue weighted by Gasteiger charge is -2.33. The Bertz CT molecular complexity index is 414. The van der Waals surface area contributed by atoms with Gasteiger partial charge in [-0.05, 0) is 44.6 Å². The third kappa shape index (κ3) is 6.60. The fourth-order valence-electron chi connectivity index (χ4n) is 3.28. The first-order valence-corrected chi connectivity index (χ1v) is 9.11. The number of nitrogens with zero attached hydrogens (tertiary/aromatic N) is 2. The second-order valence-electron chi connectivity index (χ2n) is 6.58. The van der Waals surface area contributed by atoms with Gasteiger partial charge in [-0.15, -0.1) is 0 Å². The van der Waals surface area contributed by atoms with Crippen LogP contribution in [0, 0.1) is 0 Å². The zero-order chi connectivity index (χ0) is 16.5. The van der Waals surface area contributed by atoms with E-state index in [1.54, 1.807) is 0 Å². The molecule has 0 saturated carbocycles. The summed E-state index contributed by atoms with van der Waals surface area (Å²) < 4.78 is 0. The molecule has 0 radical (unpaired) electrons. The van der Waals surface area contributed by atoms with Crippen molar-refractivity contribution in [2.24, 2.45) is 0 Å². The quantitative estimate of drug-likeness (QED) is 0.730. The van der Waals surface area contributed by atoms with E-state index in [1.807, 2.05) is 0 Å². The summed E-state index contributed by atoms with van der Waals surface area (Å²) in [6.07, 6.45) is 2.08. The van der Waals surface area contributed by atoms with Crippen molar-refractivity contribution in [2.75, 3.05) is 39.3 Å². The Morgan fingerprint density at radius 3 is 2.43 bits per heavy atom. The topological polar surface area (TPSA) is 38.7 Å². The minimum Gasteiger partial charge on any atom is -0.390 e. The summed E-state index contributed by atoms with van der Waals surface area (Å²) in [6.45, 7) is 11.1. The van der Waals surface area contributed by atoms with Gasteiger partial charge in [-0.2, -0.15) is 0 Å². The van der Waals surface area contributed by atoms with Crippen LogP contribution in [0.3, 0.4) is 0 Å². The van der Waals surface area contributed by atoms with E-state index in [9.17, 15) is 5.11 Å². The number of rotatable bonds is 9. The monoisotopic (exact) mass is 319 g/mol. The maximum absolute atomic E-state index is 10.1. The van der Waals surface area contributed by atoms with Crippen molar-refractivity contribution >= 4 is 0 Å². The highest BCUT2D eigenvalue weighted by Crippen LogP contribution is 2.13. The van der Waals surface area contributed by atoms with Gasteiger partial charge in [-0.1, -0.05) is 44.2 Å². The van der Waals surface area contributed by atoms with Gasteiger partial charge >= 0.3 is 0 Å². The van der Waals surface area contributed by atoms with Crippen molar-refractivity contribution in [1.82, 2.24) is 15.1 Å². The molecule has 0 bridgehead atoms. The molecule has 1 aliphatic heterocycles. The van der Waals surface area contributed by atoms with Crippen molar-refractivity contribution in [2.45, 2.75) is 45.4 Å². The average Bonchev–Trinajstić information content (AvgIpc) is 2.60. The molecular formula is C19H33N3O. The van der Waals surface area contributed by atoms with E-state index in [0.29, 0.717) is 12.6 Å². The van der Waals surface area contributed by atoms with Gasteiger partial charge in [0.2, 0.25) is 0 Å². The van der Waals surface area contributed by atoms with Gasteiger partial charge in [-0.25, -0.2) is 0 Å². The SMILES string of the molecule is CCN(CC)CC(O)CNC1CCN(Cc2ccccc2)CC1. The predicted molar refractivity (Wildman–Crippen MR) is 96.5 cm³/mol. The van der Waals surface area contributed by atoms with Crippen molar-refractivity contribution in [3.63, 3.8) is 0 Å². The molecule has 1 atom stereocenters. The third-order valence-corrected chi connectivity index (χ3v) is 4.84. The van der Waals surface area contributed by atoms with E-state index in [1.165, 1.54) is 18.4 Å². The van der Waals surface area contributed by atoms with Crippen molar-refractivity contribution in [1.29, 1.82) is 0 Å². The lowest BCUT2D eigenvalue weighted by atomic mass is 10.0. The predicted octanol–water partition coefficient (Wildman–Crippen LogP) is 1.94. The van der Waals surface area contributed by atoms with E-state index in [0.717, 1.165) is 39.3 Å². The van der Waals surface area contributed by atoms with Crippen LogP contribution in [0.2, 0.25) is 0 Å². The van der Waals surface area contributed by atoms with E-state index < -0.39 is 0 Å². The van der Waals surface area contributed by atoms with E-state index in [2.05, 4.69) is 59.3 Å². The summed E-state index contributed by atoms with van der Waals surface area (Å²) in [5.41, 5.74) is 1.40. The van der Waals surface area contributed by atoms with Crippen molar-refractivity contribution in [3.8, 4) is 0 Å². The summed E-state index contributed by atoms with van der Waals surface area (Å²) in [5.74, 6) is 0. The van der Waals surface area contributed by atoms with Crippen LogP contribution in [0.1, 0.15) is 32.3 Å². The van der Waals surface area contributed by atoms with Crippen LogP contribution >= 0.6 is 0 Å². The molecule has 0 aromatic heterocycles. The van der Waals surface area contributed by atoms with Crippen LogP contribution in [0.15, 0.2) is 30.3 Å². The van der Waals surface area contributed by atoms with E-state index in [4.69, 9.17) is 0 Å². The highest BCUT2D eigenvalue weighted by Gasteiger charge is 2.20. The minimum absolute atomic E-state index is 0.266. The van der Waals surface area contributed by atoms with Crippen LogP contribution in [0.25, 0.3) is 0 Å². The normalized spacial score (nSPS) is 18.4. The van der Waals surface area contributed by atoms with Crippen LogP contribution in [0.4, 0.5) is 0 Å². The molecule has 0 spiro atoms. The molecule has 1 aromatic carbocycles. The number of aliphatic hydroxyl groups is 1. The maximum atomic E-state index is 10.1. The Hall–Kier alpha value is -0.940. The van der Waals surface area contributed by atoms with Gasteiger partial charge < -0.3 is 15.3 Å². The first-order valence-electron chi connectivity index (χ1n) is 9.11. The summed E-state index contributed by atoms with van der Waals surface area (Å²) in [6, 6.07) is 11.3. The van der Waals surface area contributed by atoms with Gasteiger partial charge in [0.15, 0.2) is 0 Å². The van der Waals surface area contributed by atoms with Crippen LogP contribution in [-0.4, -0.2) is 66.3 Å². The van der Waals surface area contributed by atoms with Crippen LogP contribution < -0.4 is 5.32 Å². The molecule has 130 valence electrons. The summed E-state index contributed by atoms with van der Waals surface area (Å²) in [7, 11) is 0. The number of nitrogens with one attached hydrogen (secondary N) is 1. The fraction of sp³-hybridized carbons (Fsp3) is 0.684. The van der Waals surface area contributed by atoms with Gasteiger partial charge in [0.25, 0.3) is 0 Å². The molecule has 2 N–H and O–H groups in total. The first-order chi connectivity index (χ1) is 11.2. The number of hydrogen-bond acceptors (Lipinski definition) is 4. The van der Waals surface area contributed by atoms with E-state index in [-0.39, 0.29) is 6.10 Å². The highest BCUT2D eigenvalue weighted by atomic mass is 16.3. The molecule has 1 aromatic rings. The molecule has 1 aliphatic rings. The minimum atomic E-state index is -0.266. The molecule has 1 unspecified atom stereocenters. The second-order valence-corrected chi connectivity index (χ2v) is 6.58. The van der Waals surface area contributed by atoms with E-state index >= 15 is 0 Å². The maximum Gasteiger partial charge on any atom is 0.0791 e. The Morgan fingerprint density at radius 2 is 1.83 bits per heavy atom. The van der Waals surface area contributed by atoms with Crippen LogP contribution in [0.5, 0.6) is 0 Å². The molecule has 0 aliphatic carbocycles. The Morgan fingerprint density at radius 1 is 1.17 bits per heavy atom. The zero-order valence-corrected chi connectivity index (χ0v) is 14.7. The molecule has 1 saturated heterocycles. The number of likely N-dealkylation sites (tertiary alicyclic amines) is 1. The fourth-order valence-corrected chi connectivity index (χ4v) is 3.28. The molecule has 1 heterocycles. The largest absolute Gasteiger partial charge is 0.390 e. The standard InChI is InChI=1S/C19H33N3O/c1-3-21(4-2)16-19(23)14-20-18-10-12-22(13-11-18)15-17-8-6-5-7-9-17/h5-9,18-20,23H,3-4,10-16H2,1-2H3. The zero-order valence-electron chi connectivity index (χ0n) is 14.7. The number of hydrogen-bond donors (Lipinski definition) is 2. The summed E-state index contributed by atoms with van der Waals surface area (Å²) in [5, 5.41) is 13.7.